The third-order valence-electron chi connectivity index (χ3n) is 4.59. The molecule has 1 saturated heterocycles. The number of benzene rings is 2. The summed E-state index contributed by atoms with van der Waals surface area (Å²) < 4.78 is 15.9. The van der Waals surface area contributed by atoms with Crippen LogP contribution >= 0.6 is 0 Å². The molecule has 1 N–H and O–H groups in total. The third-order valence-corrected chi connectivity index (χ3v) is 4.59. The van der Waals surface area contributed by atoms with Gasteiger partial charge in [-0.15, -0.1) is 0 Å². The van der Waals surface area contributed by atoms with Crippen molar-refractivity contribution in [3.05, 3.63) is 53.6 Å². The Kier molecular flexibility index (Phi) is 6.16. The Bertz CT molecular complexity index is 868. The minimum atomic E-state index is -0.713. The van der Waals surface area contributed by atoms with Crippen molar-refractivity contribution in [3.63, 3.8) is 0 Å². The summed E-state index contributed by atoms with van der Waals surface area (Å²) in [5.41, 5.74) is 2.56. The molecule has 2 aromatic carbocycles. The molecule has 7 nitrogen and oxygen atoms in total. The fourth-order valence-corrected chi connectivity index (χ4v) is 3.14. The topological polar surface area (TPSA) is 77.1 Å². The summed E-state index contributed by atoms with van der Waals surface area (Å²) in [6.07, 6.45) is 0. The van der Waals surface area contributed by atoms with Crippen LogP contribution in [0.1, 0.15) is 11.1 Å². The van der Waals surface area contributed by atoms with Crippen molar-refractivity contribution in [2.24, 2.45) is 0 Å². The van der Waals surface area contributed by atoms with Crippen molar-refractivity contribution >= 4 is 17.5 Å². The molecule has 1 atom stereocenters. The van der Waals surface area contributed by atoms with Gasteiger partial charge in [0, 0.05) is 12.2 Å². The zero-order chi connectivity index (χ0) is 20.1. The number of rotatable bonds is 6. The number of ether oxygens (including phenoxy) is 3. The summed E-state index contributed by atoms with van der Waals surface area (Å²) in [6.45, 7) is 2.33. The first kappa shape index (κ1) is 19.7. The molecule has 28 heavy (non-hydrogen) atoms. The molecule has 1 aliphatic rings. The monoisotopic (exact) mass is 384 g/mol. The summed E-state index contributed by atoms with van der Waals surface area (Å²) in [7, 11) is 3.12. The maximum atomic E-state index is 12.8. The number of carbonyl (C=O) groups excluding carboxylic acids is 2. The van der Waals surface area contributed by atoms with Crippen molar-refractivity contribution in [3.8, 4) is 11.5 Å². The normalized spacial score (nSPS) is 16.6. The van der Waals surface area contributed by atoms with Crippen molar-refractivity contribution in [2.75, 3.05) is 32.8 Å². The lowest BCUT2D eigenvalue weighted by Crippen LogP contribution is -2.54. The summed E-state index contributed by atoms with van der Waals surface area (Å²) in [5, 5.41) is 2.87. The number of anilines is 1. The molecule has 1 fully saturated rings. The predicted molar refractivity (Wildman–Crippen MR) is 105 cm³/mol. The average molecular weight is 384 g/mol. The second-order valence-electron chi connectivity index (χ2n) is 6.60. The Hall–Kier alpha value is -3.06. The molecule has 148 valence electrons. The third kappa shape index (κ3) is 4.43. The van der Waals surface area contributed by atoms with E-state index in [-0.39, 0.29) is 31.6 Å². The predicted octanol–water partition coefficient (Wildman–Crippen LogP) is 2.38. The van der Waals surface area contributed by atoms with Crippen LogP contribution in [-0.4, -0.2) is 50.2 Å². The van der Waals surface area contributed by atoms with Gasteiger partial charge in [0.05, 0.1) is 20.8 Å². The van der Waals surface area contributed by atoms with Crippen LogP contribution < -0.4 is 14.8 Å². The van der Waals surface area contributed by atoms with Crippen LogP contribution in [0.5, 0.6) is 11.5 Å². The van der Waals surface area contributed by atoms with E-state index in [1.807, 2.05) is 37.3 Å². The van der Waals surface area contributed by atoms with Crippen molar-refractivity contribution < 1.29 is 23.8 Å². The zero-order valence-electron chi connectivity index (χ0n) is 16.2. The molecule has 0 saturated carbocycles. The van der Waals surface area contributed by atoms with Crippen molar-refractivity contribution in [2.45, 2.75) is 19.5 Å². The minimum absolute atomic E-state index is 0.0402. The Balaban J connectivity index is 1.78. The van der Waals surface area contributed by atoms with E-state index < -0.39 is 6.04 Å². The van der Waals surface area contributed by atoms with Crippen LogP contribution in [0.2, 0.25) is 0 Å². The van der Waals surface area contributed by atoms with E-state index in [0.717, 1.165) is 11.1 Å². The second kappa shape index (κ2) is 8.75. The number of nitrogens with zero attached hydrogens (tertiary/aromatic N) is 1. The lowest BCUT2D eigenvalue weighted by molar-refractivity contribution is -0.154. The molecular weight excluding hydrogens is 360 g/mol. The Morgan fingerprint density at radius 2 is 1.96 bits per heavy atom. The van der Waals surface area contributed by atoms with Gasteiger partial charge in [0.2, 0.25) is 11.8 Å². The summed E-state index contributed by atoms with van der Waals surface area (Å²) in [5.74, 6) is 0.666. The van der Waals surface area contributed by atoms with E-state index in [0.29, 0.717) is 17.2 Å². The molecular formula is C21H24N2O5. The fraction of sp³-hybridized carbons (Fsp3) is 0.333. The van der Waals surface area contributed by atoms with Gasteiger partial charge >= 0.3 is 0 Å². The number of hydrogen-bond acceptors (Lipinski definition) is 5. The highest BCUT2D eigenvalue weighted by Crippen LogP contribution is 2.28. The molecule has 1 heterocycles. The molecule has 0 unspecified atom stereocenters. The van der Waals surface area contributed by atoms with Crippen LogP contribution in [0, 0.1) is 6.92 Å². The van der Waals surface area contributed by atoms with Gasteiger partial charge in [-0.2, -0.15) is 0 Å². The Morgan fingerprint density at radius 1 is 1.18 bits per heavy atom. The molecule has 2 aromatic rings. The van der Waals surface area contributed by atoms with Crippen LogP contribution in [0.3, 0.4) is 0 Å². The molecule has 0 aliphatic carbocycles. The first-order valence-corrected chi connectivity index (χ1v) is 8.97. The fourth-order valence-electron chi connectivity index (χ4n) is 3.14. The van der Waals surface area contributed by atoms with Gasteiger partial charge in [0.1, 0.15) is 12.6 Å². The standard InChI is InChI=1S/C21H24N2O5/c1-14-5-4-6-16(9-14)22-21(25)17-12-28-13-20(24)23(17)11-15-7-8-18(26-2)19(10-15)27-3/h4-10,17H,11-13H2,1-3H3,(H,22,25)/t17-/m0/s1. The largest absolute Gasteiger partial charge is 0.493 e. The van der Waals surface area contributed by atoms with Crippen LogP contribution in [-0.2, 0) is 20.9 Å². The minimum Gasteiger partial charge on any atom is -0.493 e. The number of morpholine rings is 1. The highest BCUT2D eigenvalue weighted by Gasteiger charge is 2.34. The van der Waals surface area contributed by atoms with Crippen molar-refractivity contribution in [1.82, 2.24) is 4.90 Å². The lowest BCUT2D eigenvalue weighted by atomic mass is 10.1. The Labute approximate surface area is 164 Å². The quantitative estimate of drug-likeness (QED) is 0.828. The molecule has 0 bridgehead atoms. The highest BCUT2D eigenvalue weighted by molar-refractivity contribution is 5.98. The van der Waals surface area contributed by atoms with E-state index in [1.165, 1.54) is 4.90 Å². The maximum Gasteiger partial charge on any atom is 0.249 e. The summed E-state index contributed by atoms with van der Waals surface area (Å²) in [6, 6.07) is 12.2. The van der Waals surface area contributed by atoms with E-state index >= 15 is 0 Å². The van der Waals surface area contributed by atoms with Crippen LogP contribution in [0.4, 0.5) is 5.69 Å². The van der Waals surface area contributed by atoms with Gasteiger partial charge in [-0.05, 0) is 42.3 Å². The van der Waals surface area contributed by atoms with Crippen molar-refractivity contribution in [1.29, 1.82) is 0 Å². The summed E-state index contributed by atoms with van der Waals surface area (Å²) >= 11 is 0. The molecule has 3 rings (SSSR count). The van der Waals surface area contributed by atoms with Gasteiger partial charge in [-0.3, -0.25) is 9.59 Å². The molecule has 7 heteroatoms. The first-order chi connectivity index (χ1) is 13.5. The van der Waals surface area contributed by atoms with Gasteiger partial charge < -0.3 is 24.4 Å². The average Bonchev–Trinajstić information content (AvgIpc) is 2.69. The zero-order valence-corrected chi connectivity index (χ0v) is 16.2. The number of hydrogen-bond donors (Lipinski definition) is 1. The Morgan fingerprint density at radius 3 is 2.68 bits per heavy atom. The second-order valence-corrected chi connectivity index (χ2v) is 6.60. The SMILES string of the molecule is COc1ccc(CN2C(=O)COC[C@H]2C(=O)Nc2cccc(C)c2)cc1OC. The highest BCUT2D eigenvalue weighted by atomic mass is 16.5. The molecule has 2 amide bonds. The number of carbonyl (C=O) groups is 2. The van der Waals surface area contributed by atoms with Crippen LogP contribution in [0.25, 0.3) is 0 Å². The smallest absolute Gasteiger partial charge is 0.249 e. The van der Waals surface area contributed by atoms with E-state index in [4.69, 9.17) is 14.2 Å². The van der Waals surface area contributed by atoms with E-state index in [2.05, 4.69) is 5.32 Å². The van der Waals surface area contributed by atoms with Gasteiger partial charge in [-0.1, -0.05) is 18.2 Å². The summed E-state index contributed by atoms with van der Waals surface area (Å²) in [4.78, 5) is 26.8. The van der Waals surface area contributed by atoms with Gasteiger partial charge in [0.15, 0.2) is 11.5 Å². The lowest BCUT2D eigenvalue weighted by Gasteiger charge is -2.34. The number of nitrogens with one attached hydrogen (secondary N) is 1. The number of methoxy groups -OCH3 is 2. The van der Waals surface area contributed by atoms with Crippen LogP contribution in [0.15, 0.2) is 42.5 Å². The molecule has 0 spiro atoms. The molecule has 0 radical (unpaired) electrons. The number of aryl methyl sites for hydroxylation is 1. The molecule has 0 aromatic heterocycles. The first-order valence-electron chi connectivity index (χ1n) is 8.97. The van der Waals surface area contributed by atoms with Gasteiger partial charge in [0.25, 0.3) is 0 Å². The van der Waals surface area contributed by atoms with E-state index in [1.54, 1.807) is 26.4 Å². The maximum absolute atomic E-state index is 12.8. The molecule has 1 aliphatic heterocycles. The number of amides is 2. The van der Waals surface area contributed by atoms with E-state index in [9.17, 15) is 9.59 Å². The van der Waals surface area contributed by atoms with Gasteiger partial charge in [-0.25, -0.2) is 0 Å².